The zero-order valence-electron chi connectivity index (χ0n) is 15.3. The van der Waals surface area contributed by atoms with Crippen molar-refractivity contribution in [2.24, 2.45) is 0 Å². The first-order valence-electron chi connectivity index (χ1n) is 9.25. The zero-order chi connectivity index (χ0) is 19.2. The Kier molecular flexibility index (Phi) is 6.17. The van der Waals surface area contributed by atoms with Gasteiger partial charge in [-0.15, -0.1) is 0 Å². The summed E-state index contributed by atoms with van der Waals surface area (Å²) in [5, 5.41) is 4.31. The van der Waals surface area contributed by atoms with Crippen LogP contribution < -0.4 is 0 Å². The highest BCUT2D eigenvalue weighted by Gasteiger charge is 2.27. The van der Waals surface area contributed by atoms with E-state index in [9.17, 15) is 0 Å². The molecule has 0 fully saturated rings. The van der Waals surface area contributed by atoms with E-state index in [4.69, 9.17) is 16.4 Å². The molecule has 1 nitrogen and oxygen atoms in total. The highest BCUT2D eigenvalue weighted by Crippen LogP contribution is 2.33. The fourth-order valence-corrected chi connectivity index (χ4v) is 4.72. The fourth-order valence-electron chi connectivity index (χ4n) is 3.35. The third kappa shape index (κ3) is 4.17. The number of rotatable bonds is 7. The number of thiocarbonyl (C=S) groups is 1. The Labute approximate surface area is 175 Å². The van der Waals surface area contributed by atoms with Gasteiger partial charge in [-0.25, -0.2) is 0 Å². The van der Waals surface area contributed by atoms with Crippen LogP contribution >= 0.6 is 12.2 Å². The molecule has 0 bridgehead atoms. The molecule has 28 heavy (non-hydrogen) atoms. The average Bonchev–Trinajstić information content (AvgIpc) is 2.78. The standard InChI is InChI=1S/C25H20OS2/c27-18-24(20-11-3-1-4-12-20)26-28-25(21-13-5-2-6-14-21)23-17-9-15-19-10-7-8-16-22(19)23/h1-18,24-25H/p+1/t24-,25?/m1/s1. The van der Waals surface area contributed by atoms with Crippen LogP contribution in [0.1, 0.15) is 28.0 Å². The molecule has 1 unspecified atom stereocenters. The van der Waals surface area contributed by atoms with E-state index in [0.29, 0.717) is 0 Å². The van der Waals surface area contributed by atoms with Crippen LogP contribution in [0.5, 0.6) is 0 Å². The van der Waals surface area contributed by atoms with Gasteiger partial charge in [-0.1, -0.05) is 115 Å². The Balaban J connectivity index is 1.70. The minimum atomic E-state index is -0.209. The lowest BCUT2D eigenvalue weighted by Crippen LogP contribution is -2.11. The highest BCUT2D eigenvalue weighted by molar-refractivity contribution is 7.79. The molecule has 0 aromatic heterocycles. The van der Waals surface area contributed by atoms with Gasteiger partial charge in [-0.3, -0.25) is 0 Å². The second kappa shape index (κ2) is 9.16. The van der Waals surface area contributed by atoms with Crippen molar-refractivity contribution in [1.29, 1.82) is 0 Å². The van der Waals surface area contributed by atoms with Crippen LogP contribution in [0.25, 0.3) is 10.8 Å². The van der Waals surface area contributed by atoms with Crippen molar-refractivity contribution in [3.63, 3.8) is 0 Å². The van der Waals surface area contributed by atoms with Crippen molar-refractivity contribution in [2.75, 3.05) is 0 Å². The van der Waals surface area contributed by atoms with Crippen LogP contribution in [0.4, 0.5) is 0 Å². The topological polar surface area (TPSA) is 9.23 Å². The van der Waals surface area contributed by atoms with E-state index < -0.39 is 0 Å². The summed E-state index contributed by atoms with van der Waals surface area (Å²) in [5.41, 5.74) is 3.58. The van der Waals surface area contributed by atoms with E-state index >= 15 is 0 Å². The Morgan fingerprint density at radius 3 is 2.00 bits per heavy atom. The Morgan fingerprint density at radius 2 is 1.29 bits per heavy atom. The molecule has 0 aliphatic heterocycles. The highest BCUT2D eigenvalue weighted by atomic mass is 32.2. The minimum absolute atomic E-state index is 0.105. The molecule has 0 amide bonds. The number of thiol groups is 1. The maximum Gasteiger partial charge on any atom is 0.199 e. The molecule has 3 heteroatoms. The van der Waals surface area contributed by atoms with Crippen LogP contribution in [-0.2, 0) is 16.2 Å². The Bertz CT molecular complexity index is 1040. The molecule has 0 saturated heterocycles. The van der Waals surface area contributed by atoms with E-state index in [0.717, 1.165) is 17.6 Å². The van der Waals surface area contributed by atoms with Gasteiger partial charge < -0.3 is 0 Å². The van der Waals surface area contributed by atoms with Crippen molar-refractivity contribution in [3.8, 4) is 0 Å². The molecule has 4 rings (SSSR count). The maximum atomic E-state index is 6.31. The summed E-state index contributed by atoms with van der Waals surface area (Å²) in [7, 11) is 0. The average molecular weight is 402 g/mol. The quantitative estimate of drug-likeness (QED) is 0.201. The molecule has 4 aromatic carbocycles. The molecule has 0 radical (unpaired) electrons. The summed E-state index contributed by atoms with van der Waals surface area (Å²) < 4.78 is 6.31. The van der Waals surface area contributed by atoms with E-state index in [2.05, 4.69) is 78.9 Å². The first-order valence-corrected chi connectivity index (χ1v) is 10.6. The maximum absolute atomic E-state index is 6.31. The first kappa shape index (κ1) is 18.9. The smallest absolute Gasteiger partial charge is 0.162 e. The van der Waals surface area contributed by atoms with Gasteiger partial charge in [-0.2, -0.15) is 4.18 Å². The molecule has 0 aliphatic rings. The van der Waals surface area contributed by atoms with Crippen molar-refractivity contribution in [3.05, 3.63) is 120 Å². The van der Waals surface area contributed by atoms with Crippen LogP contribution in [-0.4, -0.2) is 5.37 Å². The third-order valence-electron chi connectivity index (χ3n) is 4.76. The van der Waals surface area contributed by atoms with Crippen LogP contribution in [0, 0.1) is 0 Å². The molecule has 0 N–H and O–H groups in total. The Morgan fingerprint density at radius 1 is 0.679 bits per heavy atom. The van der Waals surface area contributed by atoms with E-state index in [1.165, 1.54) is 21.9 Å². The van der Waals surface area contributed by atoms with Gasteiger partial charge in [-0.05, 0) is 16.3 Å². The molecule has 0 aliphatic carbocycles. The summed E-state index contributed by atoms with van der Waals surface area (Å²) in [6.07, 6.45) is -0.209. The molecular formula is C25H21OS2+. The lowest BCUT2D eigenvalue weighted by molar-refractivity contribution is 0.329. The van der Waals surface area contributed by atoms with Crippen LogP contribution in [0.2, 0.25) is 0 Å². The molecule has 4 aromatic rings. The number of fused-ring (bicyclic) bond motifs is 1. The van der Waals surface area contributed by atoms with Gasteiger partial charge in [0.05, 0.1) is 0 Å². The Hall–Kier alpha value is -2.46. The third-order valence-corrected chi connectivity index (χ3v) is 6.15. The van der Waals surface area contributed by atoms with Gasteiger partial charge in [0, 0.05) is 16.5 Å². The van der Waals surface area contributed by atoms with Gasteiger partial charge in [0.1, 0.15) is 12.0 Å². The second-order valence-electron chi connectivity index (χ2n) is 6.56. The van der Waals surface area contributed by atoms with Gasteiger partial charge in [0.25, 0.3) is 0 Å². The predicted molar refractivity (Wildman–Crippen MR) is 125 cm³/mol. The monoisotopic (exact) mass is 401 g/mol. The van der Waals surface area contributed by atoms with Gasteiger partial charge >= 0.3 is 0 Å². The molecular weight excluding hydrogens is 380 g/mol. The minimum Gasteiger partial charge on any atom is -0.162 e. The normalized spacial score (nSPS) is 13.1. The van der Waals surface area contributed by atoms with E-state index in [1.54, 1.807) is 5.37 Å². The zero-order valence-corrected chi connectivity index (χ0v) is 17.0. The summed E-state index contributed by atoms with van der Waals surface area (Å²) in [4.78, 5) is 0. The lowest BCUT2D eigenvalue weighted by Gasteiger charge is -2.15. The SMILES string of the molecule is S=C[C@@H](O[SH+]C(c1ccccc1)c1cccc2ccccc12)c1ccccc1. The number of hydrogen-bond acceptors (Lipinski definition) is 2. The lowest BCUT2D eigenvalue weighted by atomic mass is 9.98. The largest absolute Gasteiger partial charge is 0.199 e. The molecule has 0 heterocycles. The van der Waals surface area contributed by atoms with Crippen molar-refractivity contribution < 1.29 is 4.18 Å². The van der Waals surface area contributed by atoms with Gasteiger partial charge in [0.15, 0.2) is 11.4 Å². The van der Waals surface area contributed by atoms with Gasteiger partial charge in [0.2, 0.25) is 0 Å². The summed E-state index contributed by atoms with van der Waals surface area (Å²) in [5.74, 6) is 0. The fraction of sp³-hybridized carbons (Fsp3) is 0.0800. The number of hydrogen-bond donors (Lipinski definition) is 0. The molecule has 0 saturated carbocycles. The molecule has 0 spiro atoms. The first-order chi connectivity index (χ1) is 13.9. The van der Waals surface area contributed by atoms with Crippen molar-refractivity contribution >= 4 is 40.4 Å². The van der Waals surface area contributed by atoms with E-state index in [-0.39, 0.29) is 11.4 Å². The summed E-state index contributed by atoms with van der Waals surface area (Å²) in [6, 6.07) is 35.7. The van der Waals surface area contributed by atoms with Crippen LogP contribution in [0.3, 0.4) is 0 Å². The summed E-state index contributed by atoms with van der Waals surface area (Å²) >= 11 is 6.13. The summed E-state index contributed by atoms with van der Waals surface area (Å²) in [6.45, 7) is 0. The second-order valence-corrected chi connectivity index (χ2v) is 7.77. The van der Waals surface area contributed by atoms with Crippen LogP contribution in [0.15, 0.2) is 103 Å². The molecule has 138 valence electrons. The molecule has 2 atom stereocenters. The van der Waals surface area contributed by atoms with Crippen molar-refractivity contribution in [2.45, 2.75) is 11.4 Å². The van der Waals surface area contributed by atoms with Crippen molar-refractivity contribution in [1.82, 2.24) is 0 Å². The van der Waals surface area contributed by atoms with E-state index in [1.807, 2.05) is 24.3 Å². The number of benzene rings is 4. The predicted octanol–water partition coefficient (Wildman–Crippen LogP) is 6.42.